The molecule has 0 spiro atoms. The Morgan fingerprint density at radius 2 is 2.16 bits per heavy atom. The highest BCUT2D eigenvalue weighted by Gasteiger charge is 2.31. The van der Waals surface area contributed by atoms with Gasteiger partial charge in [0.2, 0.25) is 0 Å². The molecule has 0 aliphatic carbocycles. The molecule has 4 heteroatoms. The summed E-state index contributed by atoms with van der Waals surface area (Å²) in [4.78, 5) is 8.27. The molecule has 0 amide bonds. The van der Waals surface area contributed by atoms with E-state index in [1.165, 1.54) is 9.88 Å². The first kappa shape index (κ1) is 13.1. The van der Waals surface area contributed by atoms with Gasteiger partial charge in [-0.3, -0.25) is 4.90 Å². The standard InChI is InChI=1S/C15H17ClN2S/c1-10(2)18-8-12(9-18)15-17-7-14(19-15)11-4-3-5-13(16)6-11/h3-7,10,12H,8-9H2,1-2H3. The third kappa shape index (κ3) is 2.69. The normalized spacial score (nSPS) is 16.8. The number of rotatable bonds is 3. The quantitative estimate of drug-likeness (QED) is 0.840. The molecular weight excluding hydrogens is 276 g/mol. The van der Waals surface area contributed by atoms with Crippen molar-refractivity contribution in [3.05, 3.63) is 40.5 Å². The van der Waals surface area contributed by atoms with Gasteiger partial charge in [0.25, 0.3) is 0 Å². The van der Waals surface area contributed by atoms with Crippen molar-refractivity contribution < 1.29 is 0 Å². The number of hydrogen-bond donors (Lipinski definition) is 0. The van der Waals surface area contributed by atoms with E-state index in [1.807, 2.05) is 24.4 Å². The smallest absolute Gasteiger partial charge is 0.0987 e. The molecule has 2 nitrogen and oxygen atoms in total. The number of aromatic nitrogens is 1. The number of thiazole rings is 1. The predicted molar refractivity (Wildman–Crippen MR) is 82.0 cm³/mol. The zero-order valence-corrected chi connectivity index (χ0v) is 12.7. The first-order valence-electron chi connectivity index (χ1n) is 6.59. The number of hydrogen-bond acceptors (Lipinski definition) is 3. The Morgan fingerprint density at radius 1 is 1.37 bits per heavy atom. The summed E-state index contributed by atoms with van der Waals surface area (Å²) in [6.45, 7) is 6.77. The van der Waals surface area contributed by atoms with Gasteiger partial charge in [-0.15, -0.1) is 11.3 Å². The third-order valence-corrected chi connectivity index (χ3v) is 5.07. The summed E-state index contributed by atoms with van der Waals surface area (Å²) >= 11 is 7.83. The molecule has 19 heavy (non-hydrogen) atoms. The van der Waals surface area contributed by atoms with E-state index in [0.717, 1.165) is 23.7 Å². The molecule has 1 saturated heterocycles. The lowest BCUT2D eigenvalue weighted by Crippen LogP contribution is -2.48. The van der Waals surface area contributed by atoms with Crippen LogP contribution in [0.25, 0.3) is 10.4 Å². The Hall–Kier alpha value is -0.900. The average Bonchev–Trinajstić information content (AvgIpc) is 2.75. The van der Waals surface area contributed by atoms with Crippen LogP contribution in [-0.2, 0) is 0 Å². The molecule has 0 bridgehead atoms. The highest BCUT2D eigenvalue weighted by atomic mass is 35.5. The summed E-state index contributed by atoms with van der Waals surface area (Å²) in [7, 11) is 0. The largest absolute Gasteiger partial charge is 0.299 e. The third-order valence-electron chi connectivity index (χ3n) is 3.62. The fourth-order valence-electron chi connectivity index (χ4n) is 2.34. The molecule has 1 aromatic carbocycles. The number of halogens is 1. The van der Waals surface area contributed by atoms with Crippen LogP contribution >= 0.6 is 22.9 Å². The van der Waals surface area contributed by atoms with Gasteiger partial charge >= 0.3 is 0 Å². The second kappa shape index (κ2) is 5.23. The minimum atomic E-state index is 0.611. The zero-order valence-electron chi connectivity index (χ0n) is 11.1. The molecule has 0 unspecified atom stereocenters. The predicted octanol–water partition coefficient (Wildman–Crippen LogP) is 4.27. The van der Waals surface area contributed by atoms with Crippen molar-refractivity contribution in [2.45, 2.75) is 25.8 Å². The van der Waals surface area contributed by atoms with Crippen LogP contribution < -0.4 is 0 Å². The maximum Gasteiger partial charge on any atom is 0.0987 e. The van der Waals surface area contributed by atoms with Gasteiger partial charge in [0.15, 0.2) is 0 Å². The van der Waals surface area contributed by atoms with E-state index in [9.17, 15) is 0 Å². The molecule has 0 radical (unpaired) electrons. The van der Waals surface area contributed by atoms with Crippen LogP contribution in [0.3, 0.4) is 0 Å². The summed E-state index contributed by atoms with van der Waals surface area (Å²) in [5, 5.41) is 2.04. The van der Waals surface area contributed by atoms with Crippen molar-refractivity contribution in [1.82, 2.24) is 9.88 Å². The van der Waals surface area contributed by atoms with Gasteiger partial charge in [0, 0.05) is 36.3 Å². The summed E-state index contributed by atoms with van der Waals surface area (Å²) in [5.74, 6) is 0.611. The van der Waals surface area contributed by atoms with Gasteiger partial charge in [-0.1, -0.05) is 23.7 Å². The van der Waals surface area contributed by atoms with Gasteiger partial charge in [-0.05, 0) is 31.5 Å². The van der Waals surface area contributed by atoms with Gasteiger partial charge in [0.1, 0.15) is 0 Å². The van der Waals surface area contributed by atoms with Crippen molar-refractivity contribution in [2.24, 2.45) is 0 Å². The Balaban J connectivity index is 1.74. The summed E-state index contributed by atoms with van der Waals surface area (Å²) < 4.78 is 0. The molecule has 0 N–H and O–H groups in total. The Bertz CT molecular complexity index is 573. The molecule has 3 rings (SSSR count). The summed E-state index contributed by atoms with van der Waals surface area (Å²) in [6, 6.07) is 8.62. The second-order valence-electron chi connectivity index (χ2n) is 5.32. The molecular formula is C15H17ClN2S. The number of benzene rings is 1. The van der Waals surface area contributed by atoms with Crippen molar-refractivity contribution in [2.75, 3.05) is 13.1 Å². The lowest BCUT2D eigenvalue weighted by atomic mass is 9.99. The van der Waals surface area contributed by atoms with Crippen molar-refractivity contribution in [1.29, 1.82) is 0 Å². The van der Waals surface area contributed by atoms with Crippen LogP contribution in [0.2, 0.25) is 5.02 Å². The SMILES string of the molecule is CC(C)N1CC(c2ncc(-c3cccc(Cl)c3)s2)C1. The highest BCUT2D eigenvalue weighted by molar-refractivity contribution is 7.15. The minimum Gasteiger partial charge on any atom is -0.299 e. The second-order valence-corrected chi connectivity index (χ2v) is 6.82. The molecule has 1 aromatic heterocycles. The Labute approximate surface area is 123 Å². The summed E-state index contributed by atoms with van der Waals surface area (Å²) in [6.07, 6.45) is 1.98. The maximum atomic E-state index is 6.03. The molecule has 0 saturated carbocycles. The first-order chi connectivity index (χ1) is 9.13. The van der Waals surface area contributed by atoms with Crippen LogP contribution in [0.4, 0.5) is 0 Å². The molecule has 100 valence electrons. The van der Waals surface area contributed by atoms with Crippen molar-refractivity contribution in [3.8, 4) is 10.4 Å². The number of nitrogens with zero attached hydrogens (tertiary/aromatic N) is 2. The van der Waals surface area contributed by atoms with Crippen LogP contribution in [0.15, 0.2) is 30.5 Å². The monoisotopic (exact) mass is 292 g/mol. The Kier molecular flexibility index (Phi) is 3.61. The van der Waals surface area contributed by atoms with Crippen LogP contribution in [0.5, 0.6) is 0 Å². The average molecular weight is 293 g/mol. The van der Waals surface area contributed by atoms with Gasteiger partial charge in [-0.2, -0.15) is 0 Å². The van der Waals surface area contributed by atoms with Gasteiger partial charge in [-0.25, -0.2) is 4.98 Å². The van der Waals surface area contributed by atoms with E-state index >= 15 is 0 Å². The van der Waals surface area contributed by atoms with E-state index in [4.69, 9.17) is 11.6 Å². The molecule has 1 aliphatic heterocycles. The molecule has 1 fully saturated rings. The van der Waals surface area contributed by atoms with E-state index in [0.29, 0.717) is 12.0 Å². The van der Waals surface area contributed by atoms with Gasteiger partial charge < -0.3 is 0 Å². The zero-order chi connectivity index (χ0) is 13.4. The fourth-order valence-corrected chi connectivity index (χ4v) is 3.53. The lowest BCUT2D eigenvalue weighted by Gasteiger charge is -2.41. The first-order valence-corrected chi connectivity index (χ1v) is 7.78. The van der Waals surface area contributed by atoms with Crippen molar-refractivity contribution >= 4 is 22.9 Å². The molecule has 2 heterocycles. The van der Waals surface area contributed by atoms with E-state index < -0.39 is 0 Å². The van der Waals surface area contributed by atoms with Gasteiger partial charge in [0.05, 0.1) is 9.88 Å². The maximum absolute atomic E-state index is 6.03. The van der Waals surface area contributed by atoms with E-state index in [2.05, 4.69) is 29.8 Å². The Morgan fingerprint density at radius 3 is 2.84 bits per heavy atom. The van der Waals surface area contributed by atoms with Crippen molar-refractivity contribution in [3.63, 3.8) is 0 Å². The highest BCUT2D eigenvalue weighted by Crippen LogP contribution is 2.35. The number of likely N-dealkylation sites (tertiary alicyclic amines) is 1. The van der Waals surface area contributed by atoms with E-state index in [1.54, 1.807) is 11.3 Å². The molecule has 1 aliphatic rings. The van der Waals surface area contributed by atoms with Crippen LogP contribution in [0.1, 0.15) is 24.8 Å². The minimum absolute atomic E-state index is 0.611. The van der Waals surface area contributed by atoms with E-state index in [-0.39, 0.29) is 0 Å². The summed E-state index contributed by atoms with van der Waals surface area (Å²) in [5.41, 5.74) is 1.16. The fraction of sp³-hybridized carbons (Fsp3) is 0.400. The molecule has 2 aromatic rings. The van der Waals surface area contributed by atoms with Crippen LogP contribution in [-0.4, -0.2) is 29.0 Å². The molecule has 0 atom stereocenters. The lowest BCUT2D eigenvalue weighted by molar-refractivity contribution is 0.110. The topological polar surface area (TPSA) is 16.1 Å². The van der Waals surface area contributed by atoms with Crippen LogP contribution in [0, 0.1) is 0 Å².